The van der Waals surface area contributed by atoms with E-state index in [1.165, 1.54) is 18.9 Å². The van der Waals surface area contributed by atoms with E-state index in [-0.39, 0.29) is 11.7 Å². The maximum absolute atomic E-state index is 14.9. The largest absolute Gasteiger partial charge is 0.326 e. The number of carbonyl (C=O) groups is 1. The third-order valence-electron chi connectivity index (χ3n) is 6.35. The Morgan fingerprint density at radius 2 is 2.00 bits per heavy atom. The van der Waals surface area contributed by atoms with Gasteiger partial charge in [-0.1, -0.05) is 24.3 Å². The first-order valence-electron chi connectivity index (χ1n) is 12.1. The van der Waals surface area contributed by atoms with Crippen molar-refractivity contribution in [1.82, 2.24) is 20.1 Å². The minimum Gasteiger partial charge on any atom is -0.326 e. The highest BCUT2D eigenvalue weighted by Crippen LogP contribution is 2.31. The Kier molecular flexibility index (Phi) is 6.88. The van der Waals surface area contributed by atoms with E-state index in [1.807, 2.05) is 49.5 Å². The molecule has 1 saturated carbocycles. The second-order valence-electron chi connectivity index (χ2n) is 9.22. The third kappa shape index (κ3) is 5.35. The molecule has 2 heterocycles. The van der Waals surface area contributed by atoms with E-state index >= 15 is 0 Å². The van der Waals surface area contributed by atoms with E-state index in [1.54, 1.807) is 29.1 Å². The summed E-state index contributed by atoms with van der Waals surface area (Å²) in [7, 11) is 0. The molecule has 0 aliphatic heterocycles. The van der Waals surface area contributed by atoms with Gasteiger partial charge in [-0.3, -0.25) is 9.78 Å². The highest BCUT2D eigenvalue weighted by atomic mass is 19.1. The zero-order chi connectivity index (χ0) is 25.1. The SMILES string of the molecule is Cc1cc(C(=O)Nc2cc(C(NCC3CC3)c3cccnc3)ccc2F)n(-c2cccc(CN)c2)n1. The predicted molar refractivity (Wildman–Crippen MR) is 137 cm³/mol. The van der Waals surface area contributed by atoms with Crippen LogP contribution >= 0.6 is 0 Å². The van der Waals surface area contributed by atoms with Crippen LogP contribution in [0.5, 0.6) is 0 Å². The first kappa shape index (κ1) is 23.8. The Labute approximate surface area is 209 Å². The van der Waals surface area contributed by atoms with Gasteiger partial charge in [0.1, 0.15) is 11.5 Å². The number of hydrogen-bond donors (Lipinski definition) is 3. The number of hydrogen-bond acceptors (Lipinski definition) is 5. The number of rotatable bonds is 9. The van der Waals surface area contributed by atoms with Crippen molar-refractivity contribution >= 4 is 11.6 Å². The minimum atomic E-state index is -0.507. The first-order valence-corrected chi connectivity index (χ1v) is 12.1. The van der Waals surface area contributed by atoms with E-state index in [0.717, 1.165) is 23.2 Å². The fourth-order valence-corrected chi connectivity index (χ4v) is 4.26. The van der Waals surface area contributed by atoms with Crippen molar-refractivity contribution < 1.29 is 9.18 Å². The lowest BCUT2D eigenvalue weighted by Crippen LogP contribution is -2.25. The number of halogens is 1. The lowest BCUT2D eigenvalue weighted by atomic mass is 9.99. The maximum atomic E-state index is 14.9. The number of anilines is 1. The monoisotopic (exact) mass is 484 g/mol. The minimum absolute atomic E-state index is 0.112. The van der Waals surface area contributed by atoms with Gasteiger partial charge in [-0.25, -0.2) is 9.07 Å². The van der Waals surface area contributed by atoms with Crippen LogP contribution in [-0.2, 0) is 6.54 Å². The molecule has 2 aromatic carbocycles. The fourth-order valence-electron chi connectivity index (χ4n) is 4.26. The summed E-state index contributed by atoms with van der Waals surface area (Å²) in [5.74, 6) is -0.286. The van der Waals surface area contributed by atoms with E-state index in [4.69, 9.17) is 5.73 Å². The Bertz CT molecular complexity index is 1370. The van der Waals surface area contributed by atoms with Gasteiger partial charge < -0.3 is 16.4 Å². The van der Waals surface area contributed by atoms with Gasteiger partial charge in [-0.05, 0) is 85.3 Å². The van der Waals surface area contributed by atoms with E-state index < -0.39 is 11.7 Å². The number of benzene rings is 2. The average Bonchev–Trinajstić information content (AvgIpc) is 3.65. The Hall–Kier alpha value is -3.88. The summed E-state index contributed by atoms with van der Waals surface area (Å²) in [6.45, 7) is 3.06. The highest BCUT2D eigenvalue weighted by Gasteiger charge is 2.24. The molecule has 0 saturated heterocycles. The van der Waals surface area contributed by atoms with Crippen molar-refractivity contribution in [3.05, 3.63) is 107 Å². The summed E-state index contributed by atoms with van der Waals surface area (Å²) in [5.41, 5.74) is 10.3. The third-order valence-corrected chi connectivity index (χ3v) is 6.35. The number of nitrogens with zero attached hydrogens (tertiary/aromatic N) is 3. The first-order chi connectivity index (χ1) is 17.5. The van der Waals surface area contributed by atoms with Crippen LogP contribution in [0.15, 0.2) is 73.1 Å². The van der Waals surface area contributed by atoms with Crippen molar-refractivity contribution in [3.8, 4) is 5.69 Å². The van der Waals surface area contributed by atoms with Gasteiger partial charge >= 0.3 is 0 Å². The molecule has 5 rings (SSSR count). The van der Waals surface area contributed by atoms with Crippen molar-refractivity contribution in [2.45, 2.75) is 32.4 Å². The molecular formula is C28H29FN6O. The van der Waals surface area contributed by atoms with Crippen LogP contribution in [0.1, 0.15) is 51.8 Å². The molecule has 1 unspecified atom stereocenters. The van der Waals surface area contributed by atoms with E-state index in [2.05, 4.69) is 20.7 Å². The second-order valence-corrected chi connectivity index (χ2v) is 9.22. The molecule has 0 bridgehead atoms. The fraction of sp³-hybridized carbons (Fsp3) is 0.250. The number of nitrogens with one attached hydrogen (secondary N) is 2. The number of nitrogens with two attached hydrogens (primary N) is 1. The van der Waals surface area contributed by atoms with Crippen LogP contribution in [0.2, 0.25) is 0 Å². The molecule has 4 N–H and O–H groups in total. The summed E-state index contributed by atoms with van der Waals surface area (Å²) in [6.07, 6.45) is 5.98. The van der Waals surface area contributed by atoms with Crippen molar-refractivity contribution in [2.75, 3.05) is 11.9 Å². The number of aryl methyl sites for hydroxylation is 1. The maximum Gasteiger partial charge on any atom is 0.274 e. The molecule has 1 atom stereocenters. The van der Waals surface area contributed by atoms with Crippen LogP contribution < -0.4 is 16.4 Å². The zero-order valence-corrected chi connectivity index (χ0v) is 20.1. The molecule has 1 fully saturated rings. The van der Waals surface area contributed by atoms with Gasteiger partial charge in [0.05, 0.1) is 23.1 Å². The molecule has 0 spiro atoms. The van der Waals surface area contributed by atoms with Crippen LogP contribution in [0.25, 0.3) is 5.69 Å². The second kappa shape index (κ2) is 10.4. The Morgan fingerprint density at radius 3 is 2.75 bits per heavy atom. The molecule has 184 valence electrons. The quantitative estimate of drug-likeness (QED) is 0.325. The Balaban J connectivity index is 1.43. The zero-order valence-electron chi connectivity index (χ0n) is 20.1. The highest BCUT2D eigenvalue weighted by molar-refractivity contribution is 6.03. The van der Waals surface area contributed by atoms with Gasteiger partial charge in [0.15, 0.2) is 0 Å². The summed E-state index contributed by atoms with van der Waals surface area (Å²) in [6, 6.07) is 17.7. The van der Waals surface area contributed by atoms with Gasteiger partial charge in [0.25, 0.3) is 5.91 Å². The lowest BCUT2D eigenvalue weighted by Gasteiger charge is -2.20. The van der Waals surface area contributed by atoms with Crippen molar-refractivity contribution in [1.29, 1.82) is 0 Å². The number of amides is 1. The lowest BCUT2D eigenvalue weighted by molar-refractivity contribution is 0.101. The van der Waals surface area contributed by atoms with Crippen molar-refractivity contribution in [3.63, 3.8) is 0 Å². The number of carbonyl (C=O) groups excluding carboxylic acids is 1. The predicted octanol–water partition coefficient (Wildman–Crippen LogP) is 4.51. The van der Waals surface area contributed by atoms with Gasteiger partial charge in [0.2, 0.25) is 0 Å². The van der Waals surface area contributed by atoms with Crippen molar-refractivity contribution in [2.24, 2.45) is 11.7 Å². The molecule has 4 aromatic rings. The van der Waals surface area contributed by atoms with Crippen LogP contribution in [-0.4, -0.2) is 27.2 Å². The molecule has 1 aliphatic rings. The summed E-state index contributed by atoms with van der Waals surface area (Å²) >= 11 is 0. The molecule has 1 amide bonds. The van der Waals surface area contributed by atoms with Gasteiger partial charge in [-0.2, -0.15) is 5.10 Å². The number of pyridine rings is 1. The van der Waals surface area contributed by atoms with E-state index in [9.17, 15) is 9.18 Å². The standard InChI is InChI=1S/C28H29FN6O/c1-18-12-26(35(34-18)23-6-2-4-20(13-23)15-30)28(36)33-25-14-21(9-10-24(25)29)27(32-16-19-7-8-19)22-5-3-11-31-17-22/h2-6,9-14,17,19,27,32H,7-8,15-16,30H2,1H3,(H,33,36). The molecule has 1 aliphatic carbocycles. The molecular weight excluding hydrogens is 455 g/mol. The van der Waals surface area contributed by atoms with E-state index in [0.29, 0.717) is 29.5 Å². The molecule has 0 radical (unpaired) electrons. The Morgan fingerprint density at radius 1 is 1.14 bits per heavy atom. The smallest absolute Gasteiger partial charge is 0.274 e. The molecule has 7 nitrogen and oxygen atoms in total. The van der Waals surface area contributed by atoms with Crippen LogP contribution in [0, 0.1) is 18.7 Å². The molecule has 2 aromatic heterocycles. The topological polar surface area (TPSA) is 97.9 Å². The average molecular weight is 485 g/mol. The normalized spacial score (nSPS) is 14.0. The molecule has 8 heteroatoms. The van der Waals surface area contributed by atoms with Crippen LogP contribution in [0.4, 0.5) is 10.1 Å². The number of aromatic nitrogens is 3. The molecule has 36 heavy (non-hydrogen) atoms. The summed E-state index contributed by atoms with van der Waals surface area (Å²) in [5, 5.41) is 10.8. The summed E-state index contributed by atoms with van der Waals surface area (Å²) < 4.78 is 16.4. The van der Waals surface area contributed by atoms with Crippen LogP contribution in [0.3, 0.4) is 0 Å². The summed E-state index contributed by atoms with van der Waals surface area (Å²) in [4.78, 5) is 17.6. The van der Waals surface area contributed by atoms with Gasteiger partial charge in [0, 0.05) is 18.9 Å². The van der Waals surface area contributed by atoms with Gasteiger partial charge in [-0.15, -0.1) is 0 Å².